The molecule has 52 heavy (non-hydrogen) atoms. The molecule has 0 aliphatic rings. The van der Waals surface area contributed by atoms with E-state index in [9.17, 15) is 4.79 Å². The van der Waals surface area contributed by atoms with E-state index in [0.29, 0.717) is 50.6 Å². The van der Waals surface area contributed by atoms with Crippen molar-refractivity contribution in [3.63, 3.8) is 0 Å². The van der Waals surface area contributed by atoms with Crippen molar-refractivity contribution in [3.8, 4) is 28.7 Å². The molecular weight excluding hydrogens is 712 g/mol. The fourth-order valence-electron chi connectivity index (χ4n) is 5.70. The van der Waals surface area contributed by atoms with Crippen LogP contribution in [0.15, 0.2) is 132 Å². The van der Waals surface area contributed by atoms with E-state index in [2.05, 4.69) is 80.9 Å². The average molecular weight is 760 g/mol. The summed E-state index contributed by atoms with van der Waals surface area (Å²) in [6, 6.07) is 42.6. The first kappa shape index (κ1) is 38.5. The van der Waals surface area contributed by atoms with E-state index in [1.807, 2.05) is 84.9 Å². The number of rotatable bonds is 21. The molecule has 0 bridgehead atoms. The topological polar surface area (TPSA) is 68.8 Å². The summed E-state index contributed by atoms with van der Waals surface area (Å²) in [7, 11) is 0. The number of unbranched alkanes of at least 4 members (excludes halogenated alkanes) is 3. The van der Waals surface area contributed by atoms with Crippen LogP contribution in [-0.2, 0) is 27.5 Å². The Labute approximate surface area is 317 Å². The lowest BCUT2D eigenvalue weighted by molar-refractivity contribution is -0.105. The highest BCUT2D eigenvalue weighted by Gasteiger charge is 2.16. The number of halogens is 1. The van der Waals surface area contributed by atoms with E-state index in [1.165, 1.54) is 5.56 Å². The Morgan fingerprint density at radius 3 is 2.21 bits per heavy atom. The second-order valence-electron chi connectivity index (χ2n) is 12.5. The summed E-state index contributed by atoms with van der Waals surface area (Å²) in [4.78, 5) is 11.5. The lowest BCUT2D eigenvalue weighted by atomic mass is 10.0. The molecule has 0 aliphatic carbocycles. The molecule has 7 heteroatoms. The molecule has 0 spiro atoms. The number of carbonyl (C=O) groups is 1. The van der Waals surface area contributed by atoms with Crippen LogP contribution >= 0.6 is 15.9 Å². The molecule has 5 aromatic carbocycles. The van der Waals surface area contributed by atoms with Crippen LogP contribution in [0.5, 0.6) is 5.75 Å². The fourth-order valence-corrected chi connectivity index (χ4v) is 6.10. The number of carbonyl (C=O) groups excluding carboxylic acids is 1. The number of hydrogen-bond donors (Lipinski definition) is 2. The molecule has 0 radical (unpaired) electrons. The van der Waals surface area contributed by atoms with Crippen molar-refractivity contribution in [2.24, 2.45) is 0 Å². The van der Waals surface area contributed by atoms with Gasteiger partial charge in [-0.2, -0.15) is 0 Å². The highest BCUT2D eigenvalue weighted by atomic mass is 79.9. The Morgan fingerprint density at radius 1 is 0.712 bits per heavy atom. The van der Waals surface area contributed by atoms with E-state index < -0.39 is 0 Å². The lowest BCUT2D eigenvalue weighted by Gasteiger charge is -2.21. The van der Waals surface area contributed by atoms with Crippen molar-refractivity contribution in [1.29, 1.82) is 0 Å². The third kappa shape index (κ3) is 13.4. The molecule has 0 saturated heterocycles. The Bertz CT molecular complexity index is 1860. The first-order valence-corrected chi connectivity index (χ1v) is 18.8. The van der Waals surface area contributed by atoms with Crippen molar-refractivity contribution in [2.45, 2.75) is 51.4 Å². The Morgan fingerprint density at radius 2 is 1.44 bits per heavy atom. The molecule has 5 aromatic rings. The molecule has 0 saturated carbocycles. The molecule has 0 aromatic heterocycles. The number of nitrogens with one attached hydrogen (secondary N) is 2. The lowest BCUT2D eigenvalue weighted by Crippen LogP contribution is -2.24. The summed E-state index contributed by atoms with van der Waals surface area (Å²) in [6.45, 7) is 3.84. The van der Waals surface area contributed by atoms with Crippen LogP contribution in [0.1, 0.15) is 60.5 Å². The quantitative estimate of drug-likeness (QED) is 0.0443. The summed E-state index contributed by atoms with van der Waals surface area (Å²) < 4.78 is 19.4. The summed E-state index contributed by atoms with van der Waals surface area (Å²) in [6.07, 6.45) is 5.54. The first-order valence-electron chi connectivity index (χ1n) is 18.0. The maximum atomic E-state index is 11.5. The third-order valence-electron chi connectivity index (χ3n) is 8.47. The van der Waals surface area contributed by atoms with Gasteiger partial charge in [-0.05, 0) is 83.6 Å². The second kappa shape index (κ2) is 22.3. The molecule has 0 fully saturated rings. The van der Waals surface area contributed by atoms with Crippen molar-refractivity contribution >= 4 is 28.0 Å². The standard InChI is InChI=1S/C45H47BrN2O4/c46-42-23-14-22-40(30-42)39-21-13-20-36(29-39)15-9-12-28-50-27-11-2-1-10-26-47-32-45(52-34-38-18-7-4-8-19-38)41-24-25-44(43(31-41)48-35-49)51-33-37-16-5-3-6-17-37/h3-8,13-14,16-25,29-31,35,45,47H,1-2,10-12,26-28,32-34H2,(H,48,49)/t45-/m0/s1. The monoisotopic (exact) mass is 758 g/mol. The number of amides is 1. The molecule has 1 amide bonds. The van der Waals surface area contributed by atoms with E-state index in [1.54, 1.807) is 0 Å². The van der Waals surface area contributed by atoms with Crippen LogP contribution in [0.25, 0.3) is 11.1 Å². The van der Waals surface area contributed by atoms with Gasteiger partial charge in [0, 0.05) is 29.6 Å². The molecule has 1 atom stereocenters. The second-order valence-corrected chi connectivity index (χ2v) is 13.4. The maximum absolute atomic E-state index is 11.5. The largest absolute Gasteiger partial charge is 0.487 e. The van der Waals surface area contributed by atoms with E-state index >= 15 is 0 Å². The van der Waals surface area contributed by atoms with Crippen LogP contribution in [0.4, 0.5) is 5.69 Å². The summed E-state index contributed by atoms with van der Waals surface area (Å²) in [5.41, 5.74) is 7.10. The van der Waals surface area contributed by atoms with Crippen LogP contribution in [-0.4, -0.2) is 32.7 Å². The van der Waals surface area contributed by atoms with E-state index in [-0.39, 0.29) is 6.10 Å². The van der Waals surface area contributed by atoms with Crippen molar-refractivity contribution in [2.75, 3.05) is 31.6 Å². The molecule has 0 unspecified atom stereocenters. The first-order chi connectivity index (χ1) is 25.7. The Balaban J connectivity index is 1.01. The Hall–Kier alpha value is -4.71. The van der Waals surface area contributed by atoms with Gasteiger partial charge in [0.1, 0.15) is 12.4 Å². The average Bonchev–Trinajstić information content (AvgIpc) is 3.18. The number of ether oxygens (including phenoxy) is 3. The highest BCUT2D eigenvalue weighted by molar-refractivity contribution is 9.10. The van der Waals surface area contributed by atoms with Crippen molar-refractivity contribution in [3.05, 3.63) is 154 Å². The van der Waals surface area contributed by atoms with Gasteiger partial charge in [-0.3, -0.25) is 4.79 Å². The van der Waals surface area contributed by atoms with E-state index in [4.69, 9.17) is 14.2 Å². The number of hydrogen-bond acceptors (Lipinski definition) is 5. The molecule has 2 N–H and O–H groups in total. The van der Waals surface area contributed by atoms with Gasteiger partial charge in [-0.25, -0.2) is 0 Å². The van der Waals surface area contributed by atoms with Crippen LogP contribution in [0.2, 0.25) is 0 Å². The highest BCUT2D eigenvalue weighted by Crippen LogP contribution is 2.31. The zero-order valence-electron chi connectivity index (χ0n) is 29.6. The summed E-state index contributed by atoms with van der Waals surface area (Å²) in [5.74, 6) is 7.14. The van der Waals surface area contributed by atoms with E-state index in [0.717, 1.165) is 71.1 Å². The molecular formula is C45H47BrN2O4. The van der Waals surface area contributed by atoms with Crippen molar-refractivity contribution < 1.29 is 19.0 Å². The molecule has 6 nitrogen and oxygen atoms in total. The number of anilines is 1. The van der Waals surface area contributed by atoms with Crippen molar-refractivity contribution in [1.82, 2.24) is 5.32 Å². The van der Waals surface area contributed by atoms with Gasteiger partial charge >= 0.3 is 0 Å². The normalized spacial score (nSPS) is 11.3. The predicted octanol–water partition coefficient (Wildman–Crippen LogP) is 10.1. The van der Waals surface area contributed by atoms with Gasteiger partial charge in [-0.1, -0.05) is 132 Å². The van der Waals surface area contributed by atoms with Gasteiger partial charge in [0.15, 0.2) is 0 Å². The summed E-state index contributed by atoms with van der Waals surface area (Å²) >= 11 is 3.55. The minimum Gasteiger partial charge on any atom is -0.487 e. The Kier molecular flexibility index (Phi) is 16.5. The van der Waals surface area contributed by atoms with Crippen LogP contribution in [0, 0.1) is 11.8 Å². The minimum atomic E-state index is -0.206. The molecule has 268 valence electrons. The maximum Gasteiger partial charge on any atom is 0.211 e. The van der Waals surface area contributed by atoms with Gasteiger partial charge in [0.2, 0.25) is 6.41 Å². The van der Waals surface area contributed by atoms with Gasteiger partial charge < -0.3 is 24.8 Å². The molecule has 0 heterocycles. The van der Waals surface area contributed by atoms with Gasteiger partial charge in [0.05, 0.1) is 25.0 Å². The summed E-state index contributed by atoms with van der Waals surface area (Å²) in [5, 5.41) is 6.40. The van der Waals surface area contributed by atoms with Crippen LogP contribution in [0.3, 0.4) is 0 Å². The predicted molar refractivity (Wildman–Crippen MR) is 214 cm³/mol. The fraction of sp³-hybridized carbons (Fsp3) is 0.267. The smallest absolute Gasteiger partial charge is 0.211 e. The van der Waals surface area contributed by atoms with Gasteiger partial charge in [-0.15, -0.1) is 0 Å². The number of benzene rings is 5. The molecule has 5 rings (SSSR count). The van der Waals surface area contributed by atoms with Crippen LogP contribution < -0.4 is 15.4 Å². The zero-order valence-corrected chi connectivity index (χ0v) is 31.2. The van der Waals surface area contributed by atoms with Gasteiger partial charge in [0.25, 0.3) is 0 Å². The zero-order chi connectivity index (χ0) is 36.1. The SMILES string of the molecule is O=CNc1cc([C@H](CNCCCCCCOCCC#Cc2cccc(-c3cccc(Br)c3)c2)OCc2ccccc2)ccc1OCc1ccccc1. The minimum absolute atomic E-state index is 0.206. The molecule has 0 aliphatic heterocycles. The third-order valence-corrected chi connectivity index (χ3v) is 8.96.